The van der Waals surface area contributed by atoms with Gasteiger partial charge in [0, 0.05) is 0 Å². The third-order valence-corrected chi connectivity index (χ3v) is 2.08. The Balaban J connectivity index is 3.29. The highest BCUT2D eigenvalue weighted by molar-refractivity contribution is 7.17. The van der Waals surface area contributed by atoms with E-state index < -0.39 is 8.69 Å². The molecule has 0 saturated heterocycles. The van der Waals surface area contributed by atoms with Gasteiger partial charge in [-0.3, -0.25) is 4.57 Å². The van der Waals surface area contributed by atoms with Crippen molar-refractivity contribution in [2.75, 3.05) is 0 Å². The van der Waals surface area contributed by atoms with E-state index in [4.69, 9.17) is 4.52 Å². The zero-order valence-corrected chi connectivity index (χ0v) is 7.95. The molecule has 2 nitrogen and oxygen atoms in total. The highest BCUT2D eigenvalue weighted by Crippen LogP contribution is 2.13. The predicted octanol–water partition coefficient (Wildman–Crippen LogP) is 2.64. The lowest BCUT2D eigenvalue weighted by Gasteiger charge is -2.10. The Labute approximate surface area is 64.2 Å². The van der Waals surface area contributed by atoms with E-state index in [1.807, 2.05) is 0 Å². The molecule has 0 aromatic heterocycles. The van der Waals surface area contributed by atoms with Crippen LogP contribution in [0, 0.1) is 0 Å². The molecule has 0 heterocycles. The van der Waals surface area contributed by atoms with Gasteiger partial charge in [-0.15, -0.1) is 0 Å². The molecule has 0 aliphatic carbocycles. The molecule has 0 aliphatic heterocycles. The first-order chi connectivity index (χ1) is 4.85. The molecule has 3 heteroatoms. The molecule has 0 rings (SSSR count). The van der Waals surface area contributed by atoms with Crippen LogP contribution in [0.15, 0.2) is 0 Å². The zero-order valence-electron chi connectivity index (χ0n) is 6.80. The van der Waals surface area contributed by atoms with Gasteiger partial charge in [0.2, 0.25) is 0 Å². The minimum atomic E-state index is -1.01. The van der Waals surface area contributed by atoms with Crippen LogP contribution in [0.1, 0.15) is 39.5 Å². The van der Waals surface area contributed by atoms with Crippen LogP contribution in [0.2, 0.25) is 0 Å². The highest BCUT2D eigenvalue weighted by atomic mass is 31.1. The second-order valence-electron chi connectivity index (χ2n) is 2.40. The van der Waals surface area contributed by atoms with Crippen molar-refractivity contribution in [3.8, 4) is 0 Å². The number of unbranched alkanes of at least 4 members (excludes halogenated alkanes) is 1. The summed E-state index contributed by atoms with van der Waals surface area (Å²) < 4.78 is 15.1. The van der Waals surface area contributed by atoms with Crippen LogP contribution in [0.4, 0.5) is 0 Å². The molecule has 0 spiro atoms. The topological polar surface area (TPSA) is 26.3 Å². The van der Waals surface area contributed by atoms with E-state index in [-0.39, 0.29) is 6.10 Å². The van der Waals surface area contributed by atoms with Gasteiger partial charge in [-0.25, -0.2) is 0 Å². The molecular weight excluding hydrogens is 147 g/mol. The summed E-state index contributed by atoms with van der Waals surface area (Å²) in [4.78, 5) is 0. The molecule has 2 atom stereocenters. The van der Waals surface area contributed by atoms with Crippen LogP contribution in [0.25, 0.3) is 0 Å². The van der Waals surface area contributed by atoms with Gasteiger partial charge in [0.15, 0.2) is 8.69 Å². The van der Waals surface area contributed by atoms with Crippen molar-refractivity contribution < 1.29 is 9.09 Å². The van der Waals surface area contributed by atoms with Crippen molar-refractivity contribution in [2.24, 2.45) is 0 Å². The van der Waals surface area contributed by atoms with E-state index in [1.165, 1.54) is 12.8 Å². The lowest BCUT2D eigenvalue weighted by atomic mass is 10.1. The average Bonchev–Trinajstić information content (AvgIpc) is 1.98. The van der Waals surface area contributed by atoms with Crippen LogP contribution in [0.5, 0.6) is 0 Å². The normalized spacial score (nSPS) is 14.6. The van der Waals surface area contributed by atoms with Gasteiger partial charge in [0.25, 0.3) is 0 Å². The van der Waals surface area contributed by atoms with Gasteiger partial charge in [0.05, 0.1) is 6.10 Å². The van der Waals surface area contributed by atoms with E-state index in [1.54, 1.807) is 0 Å². The Kier molecular flexibility index (Phi) is 7.44. The molecule has 0 aromatic carbocycles. The number of hydrogen-bond acceptors (Lipinski definition) is 2. The Morgan fingerprint density at radius 2 is 2.20 bits per heavy atom. The molecular formula is C7H17O2P. The summed E-state index contributed by atoms with van der Waals surface area (Å²) in [7, 11) is -1.01. The maximum atomic E-state index is 10.1. The monoisotopic (exact) mass is 164 g/mol. The summed E-state index contributed by atoms with van der Waals surface area (Å²) in [5, 5.41) is 0. The van der Waals surface area contributed by atoms with Crippen LogP contribution in [0.3, 0.4) is 0 Å². The maximum absolute atomic E-state index is 10.1. The van der Waals surface area contributed by atoms with E-state index in [9.17, 15) is 4.57 Å². The molecule has 0 fully saturated rings. The first-order valence-corrected chi connectivity index (χ1v) is 4.88. The molecule has 0 saturated carbocycles. The molecule has 10 heavy (non-hydrogen) atoms. The van der Waals surface area contributed by atoms with Gasteiger partial charge < -0.3 is 4.52 Å². The molecule has 0 aliphatic rings. The Morgan fingerprint density at radius 1 is 1.50 bits per heavy atom. The highest BCUT2D eigenvalue weighted by Gasteiger charge is 2.02. The van der Waals surface area contributed by atoms with Gasteiger partial charge in [-0.1, -0.05) is 26.7 Å². The molecule has 0 radical (unpaired) electrons. The summed E-state index contributed by atoms with van der Waals surface area (Å²) in [6, 6.07) is 0. The van der Waals surface area contributed by atoms with Gasteiger partial charge in [-0.05, 0) is 12.8 Å². The van der Waals surface area contributed by atoms with Crippen molar-refractivity contribution in [1.29, 1.82) is 0 Å². The Morgan fingerprint density at radius 3 is 2.60 bits per heavy atom. The van der Waals surface area contributed by atoms with Crippen LogP contribution in [-0.2, 0) is 9.09 Å². The van der Waals surface area contributed by atoms with Crippen LogP contribution >= 0.6 is 8.69 Å². The molecule has 0 bridgehead atoms. The fourth-order valence-electron chi connectivity index (χ4n) is 0.879. The van der Waals surface area contributed by atoms with Crippen molar-refractivity contribution >= 4 is 8.69 Å². The molecule has 0 N–H and O–H groups in total. The molecule has 0 aromatic rings. The minimum absolute atomic E-state index is 0.243. The summed E-state index contributed by atoms with van der Waals surface area (Å²) >= 11 is 0. The SMILES string of the molecule is CCCCC(CC)O[PH2]=O. The van der Waals surface area contributed by atoms with Crippen LogP contribution < -0.4 is 0 Å². The second-order valence-corrected chi connectivity index (χ2v) is 2.87. The van der Waals surface area contributed by atoms with Gasteiger partial charge in [0.1, 0.15) is 0 Å². The van der Waals surface area contributed by atoms with Crippen molar-refractivity contribution in [3.63, 3.8) is 0 Å². The minimum Gasteiger partial charge on any atom is -0.329 e. The molecule has 62 valence electrons. The lowest BCUT2D eigenvalue weighted by molar-refractivity contribution is 0.204. The van der Waals surface area contributed by atoms with E-state index in [0.717, 1.165) is 12.8 Å². The fraction of sp³-hybridized carbons (Fsp3) is 1.00. The first-order valence-electron chi connectivity index (χ1n) is 3.94. The summed E-state index contributed by atoms with van der Waals surface area (Å²) in [6.45, 7) is 4.21. The van der Waals surface area contributed by atoms with E-state index in [2.05, 4.69) is 13.8 Å². The van der Waals surface area contributed by atoms with Crippen molar-refractivity contribution in [3.05, 3.63) is 0 Å². The smallest absolute Gasteiger partial charge is 0.180 e. The average molecular weight is 164 g/mol. The molecule has 2 unspecified atom stereocenters. The second kappa shape index (κ2) is 7.30. The fourth-order valence-corrected chi connectivity index (χ4v) is 1.36. The standard InChI is InChI=1S/C7H17O2P/c1-3-5-6-7(4-2)9-10-8/h7H,3-6,10H2,1-2H3. The van der Waals surface area contributed by atoms with Crippen molar-refractivity contribution in [1.82, 2.24) is 0 Å². The summed E-state index contributed by atoms with van der Waals surface area (Å²) in [5.74, 6) is 0. The Bertz CT molecular complexity index is 85.7. The van der Waals surface area contributed by atoms with Crippen molar-refractivity contribution in [2.45, 2.75) is 45.6 Å². The summed E-state index contributed by atoms with van der Waals surface area (Å²) in [6.07, 6.45) is 4.65. The third-order valence-electron chi connectivity index (χ3n) is 1.58. The van der Waals surface area contributed by atoms with Crippen LogP contribution in [-0.4, -0.2) is 6.10 Å². The first kappa shape index (κ1) is 10.2. The largest absolute Gasteiger partial charge is 0.329 e. The lowest BCUT2D eigenvalue weighted by Crippen LogP contribution is -2.04. The third kappa shape index (κ3) is 5.01. The quantitative estimate of drug-likeness (QED) is 0.564. The number of rotatable bonds is 6. The summed E-state index contributed by atoms with van der Waals surface area (Å²) in [5.41, 5.74) is 0. The number of hydrogen-bond donors (Lipinski definition) is 0. The predicted molar refractivity (Wildman–Crippen MR) is 45.1 cm³/mol. The van der Waals surface area contributed by atoms with E-state index in [0.29, 0.717) is 0 Å². The van der Waals surface area contributed by atoms with Gasteiger partial charge in [-0.2, -0.15) is 0 Å². The maximum Gasteiger partial charge on any atom is 0.180 e. The zero-order chi connectivity index (χ0) is 7.82. The van der Waals surface area contributed by atoms with E-state index >= 15 is 0 Å². The molecule has 0 amide bonds. The Hall–Kier alpha value is 0.190. The van der Waals surface area contributed by atoms with Gasteiger partial charge >= 0.3 is 0 Å².